The van der Waals surface area contributed by atoms with Gasteiger partial charge in [0.25, 0.3) is 0 Å². The Bertz CT molecular complexity index is 641. The van der Waals surface area contributed by atoms with E-state index < -0.39 is 0 Å². The van der Waals surface area contributed by atoms with Crippen molar-refractivity contribution in [3.05, 3.63) is 59.2 Å². The molecule has 2 nitrogen and oxygen atoms in total. The molecule has 0 amide bonds. The molecule has 0 aromatic heterocycles. The summed E-state index contributed by atoms with van der Waals surface area (Å²) in [7, 11) is 0. The standard InChI is InChI=1S/C23H34N2/c1-5-6-7-8-9-10-19-16-22(21-15-18(2)11-12-20(19)21)25-14-13-24-23(3,4)17-25/h6-9,11-12,15,19,22,24H,5,10,13-14,16-17H2,1-4H3/b7-6-,9-8-/t19?,22-/m1/s1. The van der Waals surface area contributed by atoms with E-state index in [0.717, 1.165) is 32.5 Å². The van der Waals surface area contributed by atoms with E-state index in [1.54, 1.807) is 11.1 Å². The van der Waals surface area contributed by atoms with Gasteiger partial charge in [0.15, 0.2) is 0 Å². The molecule has 1 N–H and O–H groups in total. The van der Waals surface area contributed by atoms with Crippen molar-refractivity contribution >= 4 is 0 Å². The van der Waals surface area contributed by atoms with Gasteiger partial charge in [-0.1, -0.05) is 55.0 Å². The lowest BCUT2D eigenvalue weighted by atomic mass is 9.97. The Morgan fingerprint density at radius 3 is 2.76 bits per heavy atom. The van der Waals surface area contributed by atoms with E-state index >= 15 is 0 Å². The van der Waals surface area contributed by atoms with Crippen LogP contribution in [0.3, 0.4) is 0 Å². The third-order valence-corrected chi connectivity index (χ3v) is 5.63. The number of allylic oxidation sites excluding steroid dienone is 4. The van der Waals surface area contributed by atoms with E-state index in [-0.39, 0.29) is 5.54 Å². The van der Waals surface area contributed by atoms with E-state index in [4.69, 9.17) is 0 Å². The summed E-state index contributed by atoms with van der Waals surface area (Å²) in [5.74, 6) is 0.657. The molecule has 1 aliphatic heterocycles. The maximum atomic E-state index is 3.65. The summed E-state index contributed by atoms with van der Waals surface area (Å²) < 4.78 is 0. The maximum Gasteiger partial charge on any atom is 0.0358 e. The third-order valence-electron chi connectivity index (χ3n) is 5.63. The molecular formula is C23H34N2. The zero-order chi connectivity index (χ0) is 17.9. The number of fused-ring (bicyclic) bond motifs is 1. The van der Waals surface area contributed by atoms with Crippen LogP contribution in [0.15, 0.2) is 42.5 Å². The van der Waals surface area contributed by atoms with Crippen molar-refractivity contribution in [1.29, 1.82) is 0 Å². The van der Waals surface area contributed by atoms with Gasteiger partial charge in [-0.25, -0.2) is 0 Å². The quantitative estimate of drug-likeness (QED) is 0.750. The van der Waals surface area contributed by atoms with Crippen molar-refractivity contribution in [2.75, 3.05) is 19.6 Å². The van der Waals surface area contributed by atoms with Crippen LogP contribution < -0.4 is 5.32 Å². The highest BCUT2D eigenvalue weighted by molar-refractivity contribution is 5.41. The fourth-order valence-corrected chi connectivity index (χ4v) is 4.43. The van der Waals surface area contributed by atoms with Gasteiger partial charge in [-0.2, -0.15) is 0 Å². The van der Waals surface area contributed by atoms with Crippen LogP contribution in [-0.4, -0.2) is 30.1 Å². The Hall–Kier alpha value is -1.38. The summed E-state index contributed by atoms with van der Waals surface area (Å²) in [4.78, 5) is 2.72. The number of hydrogen-bond donors (Lipinski definition) is 1. The van der Waals surface area contributed by atoms with Gasteiger partial charge in [0, 0.05) is 31.2 Å². The number of nitrogens with zero attached hydrogens (tertiary/aromatic N) is 1. The average molecular weight is 339 g/mol. The van der Waals surface area contributed by atoms with E-state index in [0.29, 0.717) is 12.0 Å². The minimum atomic E-state index is 0.213. The van der Waals surface area contributed by atoms with Gasteiger partial charge in [0.2, 0.25) is 0 Å². The summed E-state index contributed by atoms with van der Waals surface area (Å²) in [5, 5.41) is 3.65. The third kappa shape index (κ3) is 4.43. The van der Waals surface area contributed by atoms with E-state index in [9.17, 15) is 0 Å². The summed E-state index contributed by atoms with van der Waals surface area (Å²) >= 11 is 0. The highest BCUT2D eigenvalue weighted by atomic mass is 15.2. The smallest absolute Gasteiger partial charge is 0.0358 e. The second-order valence-electron chi connectivity index (χ2n) is 8.36. The Morgan fingerprint density at radius 2 is 2.00 bits per heavy atom. The first-order chi connectivity index (χ1) is 12.0. The first kappa shape index (κ1) is 18.4. The molecule has 1 aromatic rings. The van der Waals surface area contributed by atoms with Gasteiger partial charge < -0.3 is 5.32 Å². The fourth-order valence-electron chi connectivity index (χ4n) is 4.43. The predicted molar refractivity (Wildman–Crippen MR) is 108 cm³/mol. The molecule has 136 valence electrons. The summed E-state index contributed by atoms with van der Waals surface area (Å²) in [5.41, 5.74) is 4.77. The van der Waals surface area contributed by atoms with Crippen LogP contribution in [0.1, 0.15) is 68.7 Å². The van der Waals surface area contributed by atoms with Gasteiger partial charge in [-0.3, -0.25) is 4.90 Å². The van der Waals surface area contributed by atoms with Crippen LogP contribution in [0.25, 0.3) is 0 Å². The van der Waals surface area contributed by atoms with Crippen molar-refractivity contribution in [3.8, 4) is 0 Å². The molecule has 1 aromatic carbocycles. The van der Waals surface area contributed by atoms with Crippen molar-refractivity contribution < 1.29 is 0 Å². The molecule has 2 atom stereocenters. The van der Waals surface area contributed by atoms with Crippen LogP contribution in [0.4, 0.5) is 0 Å². The SMILES string of the molecule is CC/C=C\C=C/CC1C[C@@H](N2CCNC(C)(C)C2)c2cc(C)ccc21. The van der Waals surface area contributed by atoms with Gasteiger partial charge in [-0.15, -0.1) is 0 Å². The minimum Gasteiger partial charge on any atom is -0.309 e. The van der Waals surface area contributed by atoms with Crippen LogP contribution >= 0.6 is 0 Å². The van der Waals surface area contributed by atoms with E-state index in [2.05, 4.69) is 80.4 Å². The number of benzene rings is 1. The molecule has 2 aliphatic rings. The van der Waals surface area contributed by atoms with Crippen molar-refractivity contribution in [2.45, 2.75) is 64.5 Å². The molecule has 0 spiro atoms. The Labute approximate surface area is 154 Å². The second kappa shape index (κ2) is 7.88. The van der Waals surface area contributed by atoms with Crippen LogP contribution in [0.5, 0.6) is 0 Å². The van der Waals surface area contributed by atoms with Gasteiger partial charge >= 0.3 is 0 Å². The van der Waals surface area contributed by atoms with Crippen molar-refractivity contribution in [2.24, 2.45) is 0 Å². The molecule has 0 saturated carbocycles. The first-order valence-electron chi connectivity index (χ1n) is 9.91. The molecular weight excluding hydrogens is 304 g/mol. The van der Waals surface area contributed by atoms with Gasteiger partial charge in [-0.05, 0) is 57.1 Å². The number of piperazine rings is 1. The molecule has 1 aliphatic carbocycles. The predicted octanol–water partition coefficient (Wildman–Crippen LogP) is 5.12. The number of aryl methyl sites for hydroxylation is 1. The van der Waals surface area contributed by atoms with Crippen LogP contribution in [0.2, 0.25) is 0 Å². The Morgan fingerprint density at radius 1 is 1.20 bits per heavy atom. The topological polar surface area (TPSA) is 15.3 Å². The number of nitrogens with one attached hydrogen (secondary N) is 1. The molecule has 3 rings (SSSR count). The zero-order valence-electron chi connectivity index (χ0n) is 16.4. The molecule has 1 heterocycles. The van der Waals surface area contributed by atoms with E-state index in [1.165, 1.54) is 12.0 Å². The molecule has 1 unspecified atom stereocenters. The lowest BCUT2D eigenvalue weighted by molar-refractivity contribution is 0.106. The molecule has 1 saturated heterocycles. The molecule has 0 bridgehead atoms. The first-order valence-corrected chi connectivity index (χ1v) is 9.91. The largest absolute Gasteiger partial charge is 0.309 e. The molecule has 25 heavy (non-hydrogen) atoms. The van der Waals surface area contributed by atoms with Crippen LogP contribution in [-0.2, 0) is 0 Å². The number of rotatable bonds is 5. The maximum absolute atomic E-state index is 3.65. The average Bonchev–Trinajstić information content (AvgIpc) is 2.91. The lowest BCUT2D eigenvalue weighted by Gasteiger charge is -2.42. The molecule has 0 radical (unpaired) electrons. The van der Waals surface area contributed by atoms with Crippen molar-refractivity contribution in [1.82, 2.24) is 10.2 Å². The molecule has 2 heteroatoms. The van der Waals surface area contributed by atoms with Gasteiger partial charge in [0.1, 0.15) is 0 Å². The Balaban J connectivity index is 1.78. The summed E-state index contributed by atoms with van der Waals surface area (Å²) in [6, 6.07) is 7.70. The fraction of sp³-hybridized carbons (Fsp3) is 0.565. The summed E-state index contributed by atoms with van der Waals surface area (Å²) in [6.07, 6.45) is 12.5. The minimum absolute atomic E-state index is 0.213. The highest BCUT2D eigenvalue weighted by Gasteiger charge is 2.37. The monoisotopic (exact) mass is 338 g/mol. The van der Waals surface area contributed by atoms with Crippen LogP contribution in [0, 0.1) is 6.92 Å². The number of hydrogen-bond acceptors (Lipinski definition) is 2. The summed E-state index contributed by atoms with van der Waals surface area (Å²) in [6.45, 7) is 12.4. The van der Waals surface area contributed by atoms with Crippen molar-refractivity contribution in [3.63, 3.8) is 0 Å². The second-order valence-corrected chi connectivity index (χ2v) is 8.36. The Kier molecular flexibility index (Phi) is 5.81. The highest BCUT2D eigenvalue weighted by Crippen LogP contribution is 2.46. The molecule has 1 fully saturated rings. The lowest BCUT2D eigenvalue weighted by Crippen LogP contribution is -2.57. The van der Waals surface area contributed by atoms with E-state index in [1.807, 2.05) is 0 Å². The normalized spacial score (nSPS) is 26.6. The van der Waals surface area contributed by atoms with Gasteiger partial charge in [0.05, 0.1) is 0 Å². The zero-order valence-corrected chi connectivity index (χ0v) is 16.4.